The summed E-state index contributed by atoms with van der Waals surface area (Å²) >= 11 is 1.31. The molecule has 4 rings (SSSR count). The molecule has 3 heterocycles. The second-order valence-corrected chi connectivity index (χ2v) is 7.91. The lowest BCUT2D eigenvalue weighted by Crippen LogP contribution is -2.45. The first-order valence-electron chi connectivity index (χ1n) is 8.99. The standard InChI is InChI=1S/C18H23N3O3S/c1-12-15(7-9-23-12)17-19-20-18(24-17)25-11-16(22)21-8-6-13-4-2-3-5-14(13)10-21/h7,9,13-14H,2-6,8,10-11H2,1H3/t13-,14+/m0/s1. The first-order chi connectivity index (χ1) is 12.2. The second kappa shape index (κ2) is 7.23. The molecule has 25 heavy (non-hydrogen) atoms. The minimum Gasteiger partial charge on any atom is -0.469 e. The van der Waals surface area contributed by atoms with Crippen LogP contribution in [0.5, 0.6) is 0 Å². The van der Waals surface area contributed by atoms with Gasteiger partial charge in [0.05, 0.1) is 17.6 Å². The van der Waals surface area contributed by atoms with Crippen molar-refractivity contribution < 1.29 is 13.6 Å². The van der Waals surface area contributed by atoms with Crippen LogP contribution in [0.15, 0.2) is 26.4 Å². The SMILES string of the molecule is Cc1occc1-c1nnc(SCC(=O)N2CC[C@@H]3CCCC[C@@H]3C2)o1. The molecule has 0 radical (unpaired) electrons. The van der Waals surface area contributed by atoms with Crippen LogP contribution in [-0.2, 0) is 4.79 Å². The van der Waals surface area contributed by atoms with Gasteiger partial charge in [0.25, 0.3) is 11.1 Å². The number of carbonyl (C=O) groups excluding carboxylic acids is 1. The molecule has 1 saturated carbocycles. The Bertz CT molecular complexity index is 742. The van der Waals surface area contributed by atoms with Gasteiger partial charge in [-0.25, -0.2) is 0 Å². The van der Waals surface area contributed by atoms with E-state index in [4.69, 9.17) is 8.83 Å². The fourth-order valence-electron chi connectivity index (χ4n) is 4.03. The number of thioether (sulfide) groups is 1. The molecule has 2 atom stereocenters. The van der Waals surface area contributed by atoms with E-state index in [0.717, 1.165) is 36.8 Å². The minimum absolute atomic E-state index is 0.174. The summed E-state index contributed by atoms with van der Waals surface area (Å²) < 4.78 is 10.9. The number of hydrogen-bond donors (Lipinski definition) is 0. The summed E-state index contributed by atoms with van der Waals surface area (Å²) in [4.78, 5) is 14.6. The lowest BCUT2D eigenvalue weighted by Gasteiger charge is -2.41. The number of carbonyl (C=O) groups is 1. The molecule has 7 heteroatoms. The van der Waals surface area contributed by atoms with Gasteiger partial charge < -0.3 is 13.7 Å². The predicted octanol–water partition coefficient (Wildman–Crippen LogP) is 3.77. The molecule has 0 bridgehead atoms. The maximum atomic E-state index is 12.5. The number of rotatable bonds is 4. The smallest absolute Gasteiger partial charge is 0.277 e. The Balaban J connectivity index is 1.32. The van der Waals surface area contributed by atoms with Crippen molar-refractivity contribution in [2.24, 2.45) is 11.8 Å². The van der Waals surface area contributed by atoms with Crippen LogP contribution in [0, 0.1) is 18.8 Å². The average Bonchev–Trinajstić information content (AvgIpc) is 3.27. The highest BCUT2D eigenvalue weighted by atomic mass is 32.2. The van der Waals surface area contributed by atoms with Gasteiger partial charge in [-0.1, -0.05) is 31.0 Å². The average molecular weight is 361 g/mol. The Kier molecular flexibility index (Phi) is 4.83. The Morgan fingerprint density at radius 1 is 1.28 bits per heavy atom. The molecule has 1 amide bonds. The monoisotopic (exact) mass is 361 g/mol. The topological polar surface area (TPSA) is 72.4 Å². The molecule has 1 aliphatic carbocycles. The van der Waals surface area contributed by atoms with Crippen molar-refractivity contribution in [2.45, 2.75) is 44.3 Å². The number of furan rings is 1. The Morgan fingerprint density at radius 3 is 2.92 bits per heavy atom. The van der Waals surface area contributed by atoms with Crippen LogP contribution in [0.3, 0.4) is 0 Å². The van der Waals surface area contributed by atoms with Crippen LogP contribution in [-0.4, -0.2) is 39.8 Å². The maximum Gasteiger partial charge on any atom is 0.277 e. The summed E-state index contributed by atoms with van der Waals surface area (Å²) in [5, 5.41) is 8.50. The van der Waals surface area contributed by atoms with Gasteiger partial charge in [-0.2, -0.15) is 0 Å². The van der Waals surface area contributed by atoms with Gasteiger partial charge in [-0.05, 0) is 37.7 Å². The van der Waals surface area contributed by atoms with E-state index in [0.29, 0.717) is 22.8 Å². The van der Waals surface area contributed by atoms with E-state index in [1.807, 2.05) is 11.8 Å². The molecular weight excluding hydrogens is 338 g/mol. The molecule has 0 N–H and O–H groups in total. The molecule has 134 valence electrons. The predicted molar refractivity (Wildman–Crippen MR) is 94.1 cm³/mol. The van der Waals surface area contributed by atoms with Crippen molar-refractivity contribution >= 4 is 17.7 Å². The Hall–Kier alpha value is -1.76. The number of aryl methyl sites for hydroxylation is 1. The fraction of sp³-hybridized carbons (Fsp3) is 0.611. The van der Waals surface area contributed by atoms with Crippen LogP contribution < -0.4 is 0 Å². The molecule has 6 nitrogen and oxygen atoms in total. The van der Waals surface area contributed by atoms with Crippen molar-refractivity contribution in [1.29, 1.82) is 0 Å². The van der Waals surface area contributed by atoms with E-state index in [2.05, 4.69) is 10.2 Å². The highest BCUT2D eigenvalue weighted by Gasteiger charge is 2.32. The largest absolute Gasteiger partial charge is 0.469 e. The molecule has 0 unspecified atom stereocenters. The number of likely N-dealkylation sites (tertiary alicyclic amines) is 1. The molecule has 2 aromatic rings. The fourth-order valence-corrected chi connectivity index (χ4v) is 4.69. The second-order valence-electron chi connectivity index (χ2n) is 6.99. The van der Waals surface area contributed by atoms with Crippen molar-refractivity contribution in [3.63, 3.8) is 0 Å². The summed E-state index contributed by atoms with van der Waals surface area (Å²) in [5.74, 6) is 3.24. The highest BCUT2D eigenvalue weighted by Crippen LogP contribution is 2.36. The summed E-state index contributed by atoms with van der Waals surface area (Å²) in [5.41, 5.74) is 0.796. The van der Waals surface area contributed by atoms with Crippen LogP contribution in [0.1, 0.15) is 37.9 Å². The molecule has 1 saturated heterocycles. The van der Waals surface area contributed by atoms with Gasteiger partial charge in [-0.15, -0.1) is 10.2 Å². The molecule has 0 spiro atoms. The van der Waals surface area contributed by atoms with Gasteiger partial charge in [0.15, 0.2) is 0 Å². The number of hydrogen-bond acceptors (Lipinski definition) is 6. The molecule has 1 aliphatic heterocycles. The Morgan fingerprint density at radius 2 is 2.12 bits per heavy atom. The number of piperidine rings is 1. The molecule has 2 aromatic heterocycles. The zero-order chi connectivity index (χ0) is 17.2. The summed E-state index contributed by atoms with van der Waals surface area (Å²) in [6.07, 6.45) is 8.06. The third kappa shape index (κ3) is 3.61. The first-order valence-corrected chi connectivity index (χ1v) is 9.98. The van der Waals surface area contributed by atoms with Crippen LogP contribution in [0.25, 0.3) is 11.5 Å². The summed E-state index contributed by atoms with van der Waals surface area (Å²) in [6.45, 7) is 3.67. The summed E-state index contributed by atoms with van der Waals surface area (Å²) in [6, 6.07) is 1.80. The summed E-state index contributed by atoms with van der Waals surface area (Å²) in [7, 11) is 0. The lowest BCUT2D eigenvalue weighted by atomic mass is 9.75. The van der Waals surface area contributed by atoms with Crippen molar-refractivity contribution in [1.82, 2.24) is 15.1 Å². The van der Waals surface area contributed by atoms with Crippen LogP contribution >= 0.6 is 11.8 Å². The van der Waals surface area contributed by atoms with Gasteiger partial charge in [-0.3, -0.25) is 4.79 Å². The highest BCUT2D eigenvalue weighted by molar-refractivity contribution is 7.99. The van der Waals surface area contributed by atoms with Gasteiger partial charge in [0.2, 0.25) is 5.91 Å². The zero-order valence-electron chi connectivity index (χ0n) is 14.4. The van der Waals surface area contributed by atoms with E-state index < -0.39 is 0 Å². The van der Waals surface area contributed by atoms with Gasteiger partial charge in [0, 0.05) is 13.1 Å². The van der Waals surface area contributed by atoms with E-state index in [1.165, 1.54) is 37.4 Å². The quantitative estimate of drug-likeness (QED) is 0.772. The minimum atomic E-state index is 0.174. The molecular formula is C18H23N3O3S. The lowest BCUT2D eigenvalue weighted by molar-refractivity contribution is -0.131. The molecule has 2 aliphatic rings. The van der Waals surface area contributed by atoms with E-state index in [1.54, 1.807) is 12.3 Å². The van der Waals surface area contributed by atoms with Crippen LogP contribution in [0.4, 0.5) is 0 Å². The van der Waals surface area contributed by atoms with Crippen LogP contribution in [0.2, 0.25) is 0 Å². The number of nitrogens with zero attached hydrogens (tertiary/aromatic N) is 3. The van der Waals surface area contributed by atoms with Gasteiger partial charge >= 0.3 is 0 Å². The van der Waals surface area contributed by atoms with Crippen molar-refractivity contribution in [2.75, 3.05) is 18.8 Å². The number of amides is 1. The zero-order valence-corrected chi connectivity index (χ0v) is 15.3. The first kappa shape index (κ1) is 16.7. The van der Waals surface area contributed by atoms with E-state index >= 15 is 0 Å². The third-order valence-corrected chi connectivity index (χ3v) is 6.26. The van der Waals surface area contributed by atoms with Crippen molar-refractivity contribution in [3.05, 3.63) is 18.1 Å². The third-order valence-electron chi connectivity index (χ3n) is 5.46. The van der Waals surface area contributed by atoms with E-state index in [9.17, 15) is 4.79 Å². The number of aromatic nitrogens is 2. The normalized spacial score (nSPS) is 23.5. The number of fused-ring (bicyclic) bond motifs is 1. The Labute approximate surface area is 151 Å². The molecule has 2 fully saturated rings. The maximum absolute atomic E-state index is 12.5. The van der Waals surface area contributed by atoms with E-state index in [-0.39, 0.29) is 5.91 Å². The van der Waals surface area contributed by atoms with Crippen molar-refractivity contribution in [3.8, 4) is 11.5 Å². The van der Waals surface area contributed by atoms with Gasteiger partial charge in [0.1, 0.15) is 5.76 Å². The molecule has 0 aromatic carbocycles.